The Bertz CT molecular complexity index is 607. The van der Waals surface area contributed by atoms with E-state index in [-0.39, 0.29) is 11.7 Å². The van der Waals surface area contributed by atoms with Crippen LogP contribution in [0.15, 0.2) is 24.5 Å². The standard InChI is InChI=1S/C15H21FN4O/c1-3-19(4-2)9-5-8-17-15(21)13-11-20-10-12(16)6-7-14(20)18-13/h6-7,10-11H,3-5,8-9H2,1-2H3,(H,17,21). The summed E-state index contributed by atoms with van der Waals surface area (Å²) in [6.07, 6.45) is 3.74. The van der Waals surface area contributed by atoms with Crippen molar-refractivity contribution in [1.82, 2.24) is 19.6 Å². The number of carbonyl (C=O) groups excluding carboxylic acids is 1. The minimum atomic E-state index is -0.355. The van der Waals surface area contributed by atoms with Crippen LogP contribution in [0.3, 0.4) is 0 Å². The molecule has 5 nitrogen and oxygen atoms in total. The molecule has 0 saturated carbocycles. The predicted octanol–water partition coefficient (Wildman–Crippen LogP) is 1.94. The van der Waals surface area contributed by atoms with Crippen molar-refractivity contribution in [3.8, 4) is 0 Å². The van der Waals surface area contributed by atoms with Gasteiger partial charge in [-0.05, 0) is 38.2 Å². The van der Waals surface area contributed by atoms with E-state index in [2.05, 4.69) is 29.0 Å². The van der Waals surface area contributed by atoms with Gasteiger partial charge in [-0.2, -0.15) is 0 Å². The van der Waals surface area contributed by atoms with Gasteiger partial charge in [0, 0.05) is 18.9 Å². The molecule has 0 spiro atoms. The van der Waals surface area contributed by atoms with Crippen molar-refractivity contribution >= 4 is 11.6 Å². The summed E-state index contributed by atoms with van der Waals surface area (Å²) < 4.78 is 14.6. The van der Waals surface area contributed by atoms with Crippen molar-refractivity contribution in [2.75, 3.05) is 26.2 Å². The molecule has 2 heterocycles. The van der Waals surface area contributed by atoms with Crippen molar-refractivity contribution in [3.63, 3.8) is 0 Å². The van der Waals surface area contributed by atoms with Crippen LogP contribution >= 0.6 is 0 Å². The van der Waals surface area contributed by atoms with Gasteiger partial charge < -0.3 is 14.6 Å². The van der Waals surface area contributed by atoms with Gasteiger partial charge >= 0.3 is 0 Å². The molecular formula is C15H21FN4O. The first kappa shape index (κ1) is 15.4. The highest BCUT2D eigenvalue weighted by Crippen LogP contribution is 2.06. The van der Waals surface area contributed by atoms with Crippen LogP contribution in [0.1, 0.15) is 30.8 Å². The number of halogens is 1. The Kier molecular flexibility index (Phi) is 5.27. The van der Waals surface area contributed by atoms with Gasteiger partial charge in [-0.3, -0.25) is 4.79 Å². The highest BCUT2D eigenvalue weighted by atomic mass is 19.1. The Morgan fingerprint density at radius 3 is 2.81 bits per heavy atom. The highest BCUT2D eigenvalue weighted by molar-refractivity contribution is 5.92. The first-order valence-corrected chi connectivity index (χ1v) is 7.28. The lowest BCUT2D eigenvalue weighted by Gasteiger charge is -2.17. The fraction of sp³-hybridized carbons (Fsp3) is 0.467. The normalized spacial score (nSPS) is 11.2. The number of hydrogen-bond donors (Lipinski definition) is 1. The Morgan fingerprint density at radius 1 is 1.33 bits per heavy atom. The quantitative estimate of drug-likeness (QED) is 0.793. The maximum atomic E-state index is 13.1. The zero-order chi connectivity index (χ0) is 15.2. The lowest BCUT2D eigenvalue weighted by molar-refractivity contribution is 0.0947. The van der Waals surface area contributed by atoms with Crippen LogP contribution in [0.25, 0.3) is 5.65 Å². The lowest BCUT2D eigenvalue weighted by Crippen LogP contribution is -2.30. The number of hydrogen-bond acceptors (Lipinski definition) is 3. The van der Waals surface area contributed by atoms with Gasteiger partial charge in [-0.15, -0.1) is 0 Å². The van der Waals surface area contributed by atoms with Crippen molar-refractivity contribution in [2.24, 2.45) is 0 Å². The van der Waals surface area contributed by atoms with E-state index in [0.29, 0.717) is 17.9 Å². The molecule has 0 aliphatic carbocycles. The average Bonchev–Trinajstić information content (AvgIpc) is 2.90. The minimum Gasteiger partial charge on any atom is -0.351 e. The number of imidazole rings is 1. The number of aromatic nitrogens is 2. The van der Waals surface area contributed by atoms with E-state index < -0.39 is 0 Å². The number of fused-ring (bicyclic) bond motifs is 1. The summed E-state index contributed by atoms with van der Waals surface area (Å²) in [7, 11) is 0. The molecule has 0 bridgehead atoms. The fourth-order valence-electron chi connectivity index (χ4n) is 2.21. The number of carbonyl (C=O) groups is 1. The smallest absolute Gasteiger partial charge is 0.271 e. The third kappa shape index (κ3) is 4.01. The zero-order valence-corrected chi connectivity index (χ0v) is 12.5. The van der Waals surface area contributed by atoms with Gasteiger partial charge in [-0.25, -0.2) is 9.37 Å². The Morgan fingerprint density at radius 2 is 2.10 bits per heavy atom. The topological polar surface area (TPSA) is 49.6 Å². The van der Waals surface area contributed by atoms with E-state index in [1.54, 1.807) is 6.07 Å². The molecule has 6 heteroatoms. The summed E-state index contributed by atoms with van der Waals surface area (Å²) in [4.78, 5) is 18.5. The van der Waals surface area contributed by atoms with Crippen LogP contribution in [0.4, 0.5) is 4.39 Å². The third-order valence-corrected chi connectivity index (χ3v) is 3.48. The predicted molar refractivity (Wildman–Crippen MR) is 79.9 cm³/mol. The summed E-state index contributed by atoms with van der Waals surface area (Å²) >= 11 is 0. The van der Waals surface area contributed by atoms with E-state index in [4.69, 9.17) is 0 Å². The summed E-state index contributed by atoms with van der Waals surface area (Å²) in [6.45, 7) is 7.85. The van der Waals surface area contributed by atoms with E-state index in [0.717, 1.165) is 26.1 Å². The summed E-state index contributed by atoms with van der Waals surface area (Å²) in [5.41, 5.74) is 0.869. The second kappa shape index (κ2) is 7.17. The highest BCUT2D eigenvalue weighted by Gasteiger charge is 2.10. The molecule has 0 saturated heterocycles. The molecule has 1 amide bonds. The molecule has 0 aromatic carbocycles. The maximum Gasteiger partial charge on any atom is 0.271 e. The van der Waals surface area contributed by atoms with Crippen molar-refractivity contribution in [3.05, 3.63) is 36.0 Å². The average molecular weight is 292 g/mol. The second-order valence-electron chi connectivity index (χ2n) is 4.88. The largest absolute Gasteiger partial charge is 0.351 e. The molecule has 1 N–H and O–H groups in total. The van der Waals surface area contributed by atoms with Crippen LogP contribution < -0.4 is 5.32 Å². The van der Waals surface area contributed by atoms with Crippen LogP contribution in [0.2, 0.25) is 0 Å². The molecule has 2 aromatic heterocycles. The maximum absolute atomic E-state index is 13.1. The first-order chi connectivity index (χ1) is 10.1. The summed E-state index contributed by atoms with van der Waals surface area (Å²) in [5.74, 6) is -0.579. The zero-order valence-electron chi connectivity index (χ0n) is 12.5. The van der Waals surface area contributed by atoms with Gasteiger partial charge in [0.05, 0.1) is 0 Å². The molecule has 0 unspecified atom stereocenters. The summed E-state index contributed by atoms with van der Waals surface area (Å²) in [5, 5.41) is 2.84. The van der Waals surface area contributed by atoms with Crippen LogP contribution in [0.5, 0.6) is 0 Å². The molecule has 114 valence electrons. The molecule has 2 aromatic rings. The fourth-order valence-corrected chi connectivity index (χ4v) is 2.21. The van der Waals surface area contributed by atoms with Gasteiger partial charge in [-0.1, -0.05) is 13.8 Å². The van der Waals surface area contributed by atoms with Crippen LogP contribution in [-0.2, 0) is 0 Å². The monoisotopic (exact) mass is 292 g/mol. The molecule has 0 aliphatic rings. The molecule has 0 radical (unpaired) electrons. The van der Waals surface area contributed by atoms with Gasteiger partial charge in [0.15, 0.2) is 0 Å². The molecule has 0 fully saturated rings. The van der Waals surface area contributed by atoms with Gasteiger partial charge in [0.25, 0.3) is 5.91 Å². The Balaban J connectivity index is 1.87. The van der Waals surface area contributed by atoms with E-state index >= 15 is 0 Å². The van der Waals surface area contributed by atoms with E-state index in [1.165, 1.54) is 22.9 Å². The number of pyridine rings is 1. The van der Waals surface area contributed by atoms with Crippen LogP contribution in [-0.4, -0.2) is 46.4 Å². The molecular weight excluding hydrogens is 271 g/mol. The molecule has 2 rings (SSSR count). The minimum absolute atomic E-state index is 0.223. The van der Waals surface area contributed by atoms with E-state index in [9.17, 15) is 9.18 Å². The third-order valence-electron chi connectivity index (χ3n) is 3.48. The van der Waals surface area contributed by atoms with Crippen molar-refractivity contribution < 1.29 is 9.18 Å². The Labute approximate surface area is 123 Å². The van der Waals surface area contributed by atoms with Gasteiger partial charge in [0.1, 0.15) is 17.2 Å². The van der Waals surface area contributed by atoms with E-state index in [1.807, 2.05) is 0 Å². The van der Waals surface area contributed by atoms with Gasteiger partial charge in [0.2, 0.25) is 0 Å². The second-order valence-corrected chi connectivity index (χ2v) is 4.88. The molecule has 0 aliphatic heterocycles. The molecule has 21 heavy (non-hydrogen) atoms. The number of amides is 1. The van der Waals surface area contributed by atoms with Crippen molar-refractivity contribution in [1.29, 1.82) is 0 Å². The number of rotatable bonds is 7. The lowest BCUT2D eigenvalue weighted by atomic mass is 10.3. The summed E-state index contributed by atoms with van der Waals surface area (Å²) in [6, 6.07) is 2.88. The SMILES string of the molecule is CCN(CC)CCCNC(=O)c1cn2cc(F)ccc2n1. The Hall–Kier alpha value is -1.95. The van der Waals surface area contributed by atoms with Crippen molar-refractivity contribution in [2.45, 2.75) is 20.3 Å². The first-order valence-electron chi connectivity index (χ1n) is 7.28. The van der Waals surface area contributed by atoms with Crippen LogP contribution in [0, 0.1) is 5.82 Å². The molecule has 0 atom stereocenters. The number of nitrogens with one attached hydrogen (secondary N) is 1. The number of nitrogens with zero attached hydrogens (tertiary/aromatic N) is 3.